The first kappa shape index (κ1) is 17.8. The molecule has 1 amide bonds. The predicted molar refractivity (Wildman–Crippen MR) is 95.0 cm³/mol. The van der Waals surface area contributed by atoms with Gasteiger partial charge in [0.2, 0.25) is 0 Å². The molecular weight excluding hydrogens is 321 g/mol. The average Bonchev–Trinajstić information content (AvgIpc) is 2.52. The Labute approximate surface area is 148 Å². The molecule has 4 nitrogen and oxygen atoms in total. The van der Waals surface area contributed by atoms with E-state index in [0.717, 1.165) is 24.8 Å². The van der Waals surface area contributed by atoms with Crippen LogP contribution in [-0.2, 0) is 4.74 Å². The van der Waals surface area contributed by atoms with Crippen molar-refractivity contribution in [3.05, 3.63) is 35.7 Å². The largest absolute Gasteiger partial charge is 0.494 e. The Hall–Kier alpha value is -2.04. The Morgan fingerprint density at radius 3 is 2.68 bits per heavy atom. The maximum absolute atomic E-state index is 14.6. The number of carbonyl (C=O) groups is 1. The number of hydrogen-bond acceptors (Lipinski definition) is 3. The molecule has 2 heterocycles. The fourth-order valence-electron chi connectivity index (χ4n) is 3.75. The van der Waals surface area contributed by atoms with Crippen molar-refractivity contribution in [3.8, 4) is 5.75 Å². The maximum atomic E-state index is 14.6. The van der Waals surface area contributed by atoms with Crippen LogP contribution in [0.2, 0.25) is 0 Å². The Morgan fingerprint density at radius 1 is 1.28 bits per heavy atom. The summed E-state index contributed by atoms with van der Waals surface area (Å²) in [7, 11) is 1.47. The van der Waals surface area contributed by atoms with Crippen LogP contribution >= 0.6 is 0 Å². The van der Waals surface area contributed by atoms with Gasteiger partial charge in [-0.3, -0.25) is 4.90 Å². The molecule has 136 valence electrons. The lowest BCUT2D eigenvalue weighted by Crippen LogP contribution is -2.53. The van der Waals surface area contributed by atoms with Crippen molar-refractivity contribution in [1.82, 2.24) is 4.90 Å². The lowest BCUT2D eigenvalue weighted by atomic mass is 9.83. The third-order valence-electron chi connectivity index (χ3n) is 4.77. The third-order valence-corrected chi connectivity index (χ3v) is 4.77. The van der Waals surface area contributed by atoms with Crippen LogP contribution in [0.15, 0.2) is 24.3 Å². The van der Waals surface area contributed by atoms with Gasteiger partial charge in [-0.25, -0.2) is 9.18 Å². The first-order valence-electron chi connectivity index (χ1n) is 8.85. The van der Waals surface area contributed by atoms with Gasteiger partial charge in [-0.1, -0.05) is 18.2 Å². The molecule has 5 heteroatoms. The molecule has 2 aliphatic rings. The molecule has 1 saturated heterocycles. The lowest BCUT2D eigenvalue weighted by Gasteiger charge is -2.45. The van der Waals surface area contributed by atoms with Gasteiger partial charge in [-0.15, -0.1) is 0 Å². The summed E-state index contributed by atoms with van der Waals surface area (Å²) >= 11 is 0. The molecule has 0 aliphatic carbocycles. The molecule has 0 spiro atoms. The van der Waals surface area contributed by atoms with Crippen molar-refractivity contribution in [2.75, 3.05) is 7.11 Å². The van der Waals surface area contributed by atoms with E-state index in [2.05, 4.69) is 0 Å². The molecule has 1 aromatic carbocycles. The summed E-state index contributed by atoms with van der Waals surface area (Å²) in [5, 5.41) is 0. The molecule has 25 heavy (non-hydrogen) atoms. The topological polar surface area (TPSA) is 38.8 Å². The molecule has 1 fully saturated rings. The van der Waals surface area contributed by atoms with Crippen molar-refractivity contribution in [3.63, 3.8) is 0 Å². The first-order valence-corrected chi connectivity index (χ1v) is 8.85. The zero-order valence-corrected chi connectivity index (χ0v) is 15.3. The van der Waals surface area contributed by atoms with Crippen LogP contribution in [0.5, 0.6) is 5.75 Å². The Morgan fingerprint density at radius 2 is 2.04 bits per heavy atom. The van der Waals surface area contributed by atoms with Gasteiger partial charge in [-0.2, -0.15) is 0 Å². The number of rotatable bonds is 2. The molecule has 1 aromatic rings. The molecular formula is C20H26FNO3. The smallest absolute Gasteiger partial charge is 0.411 e. The highest BCUT2D eigenvalue weighted by molar-refractivity contribution is 5.75. The van der Waals surface area contributed by atoms with Crippen LogP contribution in [0.3, 0.4) is 0 Å². The summed E-state index contributed by atoms with van der Waals surface area (Å²) in [5.41, 5.74) is 1.000. The van der Waals surface area contributed by atoms with Crippen molar-refractivity contribution < 1.29 is 18.7 Å². The maximum Gasteiger partial charge on any atom is 0.411 e. The standard InChI is InChI=1S/C20H26FNO3/c1-20(2,3)25-19(23)22-14-7-5-8-15(22)12-13(11-14)16-9-6-10-17(24-4)18(16)21/h6,9-11,14-15H,5,7-8,12H2,1-4H3. The van der Waals surface area contributed by atoms with E-state index in [9.17, 15) is 9.18 Å². The van der Waals surface area contributed by atoms with E-state index in [1.54, 1.807) is 18.2 Å². The van der Waals surface area contributed by atoms with Crippen molar-refractivity contribution in [2.45, 2.75) is 64.1 Å². The average molecular weight is 347 g/mol. The van der Waals surface area contributed by atoms with Gasteiger partial charge in [0.15, 0.2) is 11.6 Å². The van der Waals surface area contributed by atoms with E-state index in [-0.39, 0.29) is 29.7 Å². The third kappa shape index (κ3) is 3.65. The molecule has 0 saturated carbocycles. The number of piperidine rings is 1. The molecule has 2 aliphatic heterocycles. The van der Waals surface area contributed by atoms with Gasteiger partial charge < -0.3 is 9.47 Å². The summed E-state index contributed by atoms with van der Waals surface area (Å²) < 4.78 is 25.3. The number of amides is 1. The first-order chi connectivity index (χ1) is 11.8. The summed E-state index contributed by atoms with van der Waals surface area (Å²) in [6, 6.07) is 5.22. The summed E-state index contributed by atoms with van der Waals surface area (Å²) in [5.74, 6) is -0.0850. The van der Waals surface area contributed by atoms with Crippen LogP contribution < -0.4 is 4.74 Å². The van der Waals surface area contributed by atoms with Gasteiger partial charge in [0.25, 0.3) is 0 Å². The normalized spacial score (nSPS) is 23.1. The second-order valence-corrected chi connectivity index (χ2v) is 7.76. The number of nitrogens with zero attached hydrogens (tertiary/aromatic N) is 1. The van der Waals surface area contributed by atoms with Crippen molar-refractivity contribution in [1.29, 1.82) is 0 Å². The van der Waals surface area contributed by atoms with Crippen LogP contribution in [-0.4, -0.2) is 35.8 Å². The Balaban J connectivity index is 1.90. The van der Waals surface area contributed by atoms with Gasteiger partial charge in [0.05, 0.1) is 13.2 Å². The van der Waals surface area contributed by atoms with E-state index in [4.69, 9.17) is 9.47 Å². The van der Waals surface area contributed by atoms with E-state index in [1.807, 2.05) is 31.7 Å². The number of methoxy groups -OCH3 is 1. The fraction of sp³-hybridized carbons (Fsp3) is 0.550. The van der Waals surface area contributed by atoms with Crippen LogP contribution in [0, 0.1) is 5.82 Å². The van der Waals surface area contributed by atoms with E-state index >= 15 is 0 Å². The number of hydrogen-bond donors (Lipinski definition) is 0. The molecule has 0 radical (unpaired) electrons. The molecule has 2 atom stereocenters. The molecule has 2 bridgehead atoms. The van der Waals surface area contributed by atoms with Crippen molar-refractivity contribution in [2.24, 2.45) is 0 Å². The Bertz CT molecular complexity index is 693. The monoisotopic (exact) mass is 347 g/mol. The number of halogens is 1. The quantitative estimate of drug-likeness (QED) is 0.773. The van der Waals surface area contributed by atoms with Crippen molar-refractivity contribution >= 4 is 11.7 Å². The summed E-state index contributed by atoms with van der Waals surface area (Å²) in [4.78, 5) is 14.5. The minimum absolute atomic E-state index is 0.0389. The van der Waals surface area contributed by atoms with Gasteiger partial charge >= 0.3 is 6.09 Å². The molecule has 0 N–H and O–H groups in total. The number of benzene rings is 1. The van der Waals surface area contributed by atoms with Crippen LogP contribution in [0.25, 0.3) is 5.57 Å². The Kier molecular flexibility index (Phi) is 4.76. The summed E-state index contributed by atoms with van der Waals surface area (Å²) in [6.45, 7) is 5.62. The second kappa shape index (κ2) is 6.70. The molecule has 0 aromatic heterocycles. The molecule has 2 unspecified atom stereocenters. The highest BCUT2D eigenvalue weighted by Crippen LogP contribution is 2.39. The van der Waals surface area contributed by atoms with E-state index in [0.29, 0.717) is 12.0 Å². The highest BCUT2D eigenvalue weighted by Gasteiger charge is 2.39. The minimum atomic E-state index is -0.520. The minimum Gasteiger partial charge on any atom is -0.494 e. The molecule has 3 rings (SSSR count). The predicted octanol–water partition coefficient (Wildman–Crippen LogP) is 4.78. The highest BCUT2D eigenvalue weighted by atomic mass is 19.1. The zero-order chi connectivity index (χ0) is 18.2. The van der Waals surface area contributed by atoms with Gasteiger partial charge in [0.1, 0.15) is 5.60 Å². The van der Waals surface area contributed by atoms with Crippen LogP contribution in [0.1, 0.15) is 52.0 Å². The second-order valence-electron chi connectivity index (χ2n) is 7.76. The van der Waals surface area contributed by atoms with E-state index in [1.165, 1.54) is 7.11 Å². The number of ether oxygens (including phenoxy) is 2. The zero-order valence-electron chi connectivity index (χ0n) is 15.3. The fourth-order valence-corrected chi connectivity index (χ4v) is 3.75. The SMILES string of the molecule is COc1cccc(C2=CC3CCCC(C2)N3C(=O)OC(C)(C)C)c1F. The number of fused-ring (bicyclic) bond motifs is 2. The summed E-state index contributed by atoms with van der Waals surface area (Å²) in [6.07, 6.45) is 5.25. The lowest BCUT2D eigenvalue weighted by molar-refractivity contribution is 0.0000749. The van der Waals surface area contributed by atoms with Crippen LogP contribution in [0.4, 0.5) is 9.18 Å². The van der Waals surface area contributed by atoms with Gasteiger partial charge in [-0.05, 0) is 58.1 Å². The number of carbonyl (C=O) groups excluding carboxylic acids is 1. The van der Waals surface area contributed by atoms with Gasteiger partial charge in [0, 0.05) is 11.6 Å². The van der Waals surface area contributed by atoms with E-state index < -0.39 is 5.60 Å².